The SMILES string of the molecule is N[C@H](C(=O)N1CCCC1)[C@@H](O)c1cccnc1. The average Bonchev–Trinajstić information content (AvgIpc) is 2.91. The highest BCUT2D eigenvalue weighted by Crippen LogP contribution is 2.17. The highest BCUT2D eigenvalue weighted by Gasteiger charge is 2.29. The maximum atomic E-state index is 12.0. The standard InChI is InChI=1S/C12H17N3O2/c13-10(12(17)15-6-1-2-7-15)11(16)9-4-3-5-14-8-9/h3-5,8,10-11,16H,1-2,6-7,13H2/t10-,11-/m0/s1. The molecule has 1 aromatic rings. The number of rotatable bonds is 3. The molecule has 3 N–H and O–H groups in total. The second-order valence-corrected chi connectivity index (χ2v) is 4.29. The highest BCUT2D eigenvalue weighted by molar-refractivity contribution is 5.82. The van der Waals surface area contributed by atoms with Crippen LogP contribution in [0.25, 0.3) is 0 Å². The Balaban J connectivity index is 2.04. The summed E-state index contributed by atoms with van der Waals surface area (Å²) in [5, 5.41) is 10.0. The van der Waals surface area contributed by atoms with Crippen molar-refractivity contribution in [2.75, 3.05) is 13.1 Å². The predicted octanol–water partition coefficient (Wildman–Crippen LogP) is 0.0647. The van der Waals surface area contributed by atoms with Crippen LogP contribution in [0.5, 0.6) is 0 Å². The van der Waals surface area contributed by atoms with Gasteiger partial charge in [-0.2, -0.15) is 0 Å². The number of amides is 1. The lowest BCUT2D eigenvalue weighted by atomic mass is 10.0. The number of nitrogens with zero attached hydrogens (tertiary/aromatic N) is 2. The molecule has 1 fully saturated rings. The summed E-state index contributed by atoms with van der Waals surface area (Å²) in [6.07, 6.45) is 4.19. The average molecular weight is 235 g/mol. The summed E-state index contributed by atoms with van der Waals surface area (Å²) in [6, 6.07) is 2.53. The van der Waals surface area contributed by atoms with E-state index in [-0.39, 0.29) is 5.91 Å². The second kappa shape index (κ2) is 5.25. The largest absolute Gasteiger partial charge is 0.386 e. The Labute approximate surface area is 100 Å². The minimum atomic E-state index is -0.989. The molecule has 1 aliphatic rings. The number of aliphatic hydroxyl groups is 1. The van der Waals surface area contributed by atoms with Crippen LogP contribution >= 0.6 is 0 Å². The molecular weight excluding hydrogens is 218 g/mol. The maximum absolute atomic E-state index is 12.0. The van der Waals surface area contributed by atoms with Gasteiger partial charge in [0.25, 0.3) is 0 Å². The van der Waals surface area contributed by atoms with E-state index in [2.05, 4.69) is 4.98 Å². The molecule has 0 radical (unpaired) electrons. The second-order valence-electron chi connectivity index (χ2n) is 4.29. The number of pyridine rings is 1. The zero-order valence-electron chi connectivity index (χ0n) is 9.62. The maximum Gasteiger partial charge on any atom is 0.242 e. The predicted molar refractivity (Wildman–Crippen MR) is 63.0 cm³/mol. The molecule has 0 aromatic carbocycles. The number of aromatic nitrogens is 1. The molecule has 0 unspecified atom stereocenters. The molecule has 0 bridgehead atoms. The van der Waals surface area contributed by atoms with Crippen molar-refractivity contribution >= 4 is 5.91 Å². The first-order valence-corrected chi connectivity index (χ1v) is 5.82. The topological polar surface area (TPSA) is 79.5 Å². The number of hydrogen-bond acceptors (Lipinski definition) is 4. The van der Waals surface area contributed by atoms with Gasteiger partial charge >= 0.3 is 0 Å². The van der Waals surface area contributed by atoms with Gasteiger partial charge in [0, 0.05) is 31.0 Å². The van der Waals surface area contributed by atoms with Gasteiger partial charge in [0.15, 0.2) is 0 Å². The van der Waals surface area contributed by atoms with Crippen molar-refractivity contribution in [1.29, 1.82) is 0 Å². The van der Waals surface area contributed by atoms with Crippen LogP contribution in [0.15, 0.2) is 24.5 Å². The number of carbonyl (C=O) groups is 1. The van der Waals surface area contributed by atoms with Gasteiger partial charge in [0.1, 0.15) is 12.1 Å². The summed E-state index contributed by atoms with van der Waals surface area (Å²) in [7, 11) is 0. The van der Waals surface area contributed by atoms with E-state index in [0.717, 1.165) is 25.9 Å². The van der Waals surface area contributed by atoms with E-state index in [1.807, 2.05) is 0 Å². The van der Waals surface area contributed by atoms with Gasteiger partial charge < -0.3 is 15.7 Å². The Bertz CT molecular complexity index is 377. The first-order valence-electron chi connectivity index (χ1n) is 5.82. The molecule has 5 heteroatoms. The molecule has 0 aliphatic carbocycles. The lowest BCUT2D eigenvalue weighted by Gasteiger charge is -2.23. The van der Waals surface area contributed by atoms with Gasteiger partial charge in [-0.3, -0.25) is 9.78 Å². The third-order valence-corrected chi connectivity index (χ3v) is 3.07. The third-order valence-electron chi connectivity index (χ3n) is 3.07. The van der Waals surface area contributed by atoms with Crippen LogP contribution in [0.4, 0.5) is 0 Å². The molecule has 1 amide bonds. The van der Waals surface area contributed by atoms with E-state index in [4.69, 9.17) is 5.73 Å². The monoisotopic (exact) mass is 235 g/mol. The van der Waals surface area contributed by atoms with Crippen molar-refractivity contribution in [3.63, 3.8) is 0 Å². The highest BCUT2D eigenvalue weighted by atomic mass is 16.3. The van der Waals surface area contributed by atoms with E-state index >= 15 is 0 Å². The van der Waals surface area contributed by atoms with Crippen LogP contribution in [-0.4, -0.2) is 40.0 Å². The van der Waals surface area contributed by atoms with Crippen LogP contribution in [0.3, 0.4) is 0 Å². The van der Waals surface area contributed by atoms with Gasteiger partial charge in [-0.15, -0.1) is 0 Å². The molecule has 1 aliphatic heterocycles. The van der Waals surface area contributed by atoms with Gasteiger partial charge in [-0.1, -0.05) is 6.07 Å². The summed E-state index contributed by atoms with van der Waals surface area (Å²) in [6.45, 7) is 1.48. The van der Waals surface area contributed by atoms with Crippen molar-refractivity contribution in [1.82, 2.24) is 9.88 Å². The minimum Gasteiger partial charge on any atom is -0.386 e. The quantitative estimate of drug-likeness (QED) is 0.776. The van der Waals surface area contributed by atoms with E-state index in [9.17, 15) is 9.90 Å². The third kappa shape index (κ3) is 2.62. The summed E-state index contributed by atoms with van der Waals surface area (Å²) in [5.41, 5.74) is 6.38. The van der Waals surface area contributed by atoms with Crippen LogP contribution in [0.2, 0.25) is 0 Å². The van der Waals surface area contributed by atoms with E-state index in [1.54, 1.807) is 23.2 Å². The molecule has 17 heavy (non-hydrogen) atoms. The fourth-order valence-corrected chi connectivity index (χ4v) is 2.04. The van der Waals surface area contributed by atoms with Gasteiger partial charge in [0.2, 0.25) is 5.91 Å². The number of carbonyl (C=O) groups excluding carboxylic acids is 1. The summed E-state index contributed by atoms with van der Waals surface area (Å²) in [5.74, 6) is -0.182. The van der Waals surface area contributed by atoms with Gasteiger partial charge in [-0.25, -0.2) is 0 Å². The minimum absolute atomic E-state index is 0.182. The molecule has 92 valence electrons. The van der Waals surface area contributed by atoms with Crippen molar-refractivity contribution in [2.24, 2.45) is 5.73 Å². The Kier molecular flexibility index (Phi) is 3.71. The van der Waals surface area contributed by atoms with Crippen molar-refractivity contribution in [2.45, 2.75) is 25.0 Å². The number of aliphatic hydroxyl groups excluding tert-OH is 1. The van der Waals surface area contributed by atoms with Crippen LogP contribution in [-0.2, 0) is 4.79 Å². The molecule has 2 atom stereocenters. The molecule has 1 aromatic heterocycles. The zero-order chi connectivity index (χ0) is 12.3. The molecule has 0 saturated carbocycles. The molecule has 2 rings (SSSR count). The summed E-state index contributed by atoms with van der Waals surface area (Å²) in [4.78, 5) is 17.6. The number of likely N-dealkylation sites (tertiary alicyclic amines) is 1. The van der Waals surface area contributed by atoms with Crippen LogP contribution < -0.4 is 5.73 Å². The lowest BCUT2D eigenvalue weighted by Crippen LogP contribution is -2.45. The Morgan fingerprint density at radius 3 is 2.76 bits per heavy atom. The smallest absolute Gasteiger partial charge is 0.242 e. The van der Waals surface area contributed by atoms with E-state index < -0.39 is 12.1 Å². The lowest BCUT2D eigenvalue weighted by molar-refractivity contribution is -0.134. The van der Waals surface area contributed by atoms with Gasteiger partial charge in [-0.05, 0) is 18.9 Å². The molecule has 0 spiro atoms. The first kappa shape index (κ1) is 12.0. The van der Waals surface area contributed by atoms with Crippen LogP contribution in [0.1, 0.15) is 24.5 Å². The first-order chi connectivity index (χ1) is 8.20. The summed E-state index contributed by atoms with van der Waals surface area (Å²) >= 11 is 0. The van der Waals surface area contributed by atoms with Crippen molar-refractivity contribution < 1.29 is 9.90 Å². The normalized spacial score (nSPS) is 19.1. The van der Waals surface area contributed by atoms with Crippen LogP contribution in [0, 0.1) is 0 Å². The van der Waals surface area contributed by atoms with Gasteiger partial charge in [0.05, 0.1) is 0 Å². The molecule has 2 heterocycles. The fourth-order valence-electron chi connectivity index (χ4n) is 2.04. The Morgan fingerprint density at radius 1 is 1.47 bits per heavy atom. The number of nitrogens with two attached hydrogens (primary N) is 1. The molecule has 5 nitrogen and oxygen atoms in total. The Morgan fingerprint density at radius 2 is 2.18 bits per heavy atom. The van der Waals surface area contributed by atoms with Crippen molar-refractivity contribution in [3.05, 3.63) is 30.1 Å². The van der Waals surface area contributed by atoms with E-state index in [0.29, 0.717) is 5.56 Å². The Hall–Kier alpha value is -1.46. The molecular formula is C12H17N3O2. The summed E-state index contributed by atoms with van der Waals surface area (Å²) < 4.78 is 0. The zero-order valence-corrected chi connectivity index (χ0v) is 9.62. The van der Waals surface area contributed by atoms with E-state index in [1.165, 1.54) is 6.20 Å². The number of hydrogen-bond donors (Lipinski definition) is 2. The van der Waals surface area contributed by atoms with Crippen molar-refractivity contribution in [3.8, 4) is 0 Å². The fraction of sp³-hybridized carbons (Fsp3) is 0.500. The molecule has 1 saturated heterocycles.